The molecule has 0 saturated carbocycles. The number of H-pyrrole nitrogens is 1. The van der Waals surface area contributed by atoms with E-state index < -0.39 is 29.9 Å². The van der Waals surface area contributed by atoms with Crippen LogP contribution >= 0.6 is 11.6 Å². The smallest absolute Gasteiger partial charge is 0.252 e. The van der Waals surface area contributed by atoms with Crippen molar-refractivity contribution in [2.45, 2.75) is 12.5 Å². The first-order valence-corrected chi connectivity index (χ1v) is 11.4. The summed E-state index contributed by atoms with van der Waals surface area (Å²) in [6, 6.07) is 7.71. The van der Waals surface area contributed by atoms with Crippen LogP contribution < -0.4 is 20.1 Å². The third-order valence-corrected chi connectivity index (χ3v) is 6.29. The SMILES string of the molecule is [2H]C([2H])([2H])Oc1cccc(F)c1Oc1ccc(C(=O)c2c[nH]c3ncc4c(c23)N[C@@](C)(COC)C(=O)N4)c(Cl)c1. The van der Waals surface area contributed by atoms with Crippen molar-refractivity contribution in [3.05, 3.63) is 70.8 Å². The zero-order chi connectivity index (χ0) is 28.8. The average Bonchev–Trinajstić information content (AvgIpc) is 3.31. The van der Waals surface area contributed by atoms with E-state index >= 15 is 0 Å². The van der Waals surface area contributed by atoms with Crippen LogP contribution in [0.5, 0.6) is 17.2 Å². The molecule has 11 heteroatoms. The van der Waals surface area contributed by atoms with Crippen LogP contribution in [-0.2, 0) is 9.53 Å². The van der Waals surface area contributed by atoms with E-state index in [1.54, 1.807) is 6.92 Å². The third kappa shape index (κ3) is 4.24. The third-order valence-electron chi connectivity index (χ3n) is 5.98. The molecule has 5 rings (SSSR count). The maximum absolute atomic E-state index is 14.5. The molecule has 2 aromatic carbocycles. The van der Waals surface area contributed by atoms with E-state index in [4.69, 9.17) is 29.9 Å². The summed E-state index contributed by atoms with van der Waals surface area (Å²) < 4.78 is 52.0. The molecule has 0 fully saturated rings. The minimum atomic E-state index is -2.83. The Morgan fingerprint density at radius 3 is 2.86 bits per heavy atom. The molecule has 3 N–H and O–H groups in total. The molecule has 1 aliphatic heterocycles. The first-order chi connectivity index (χ1) is 18.9. The molecular weight excluding hydrogens is 503 g/mol. The molecule has 1 amide bonds. The molecule has 2 aromatic heterocycles. The van der Waals surface area contributed by atoms with Crippen molar-refractivity contribution in [3.63, 3.8) is 0 Å². The van der Waals surface area contributed by atoms with E-state index in [-0.39, 0.29) is 40.2 Å². The summed E-state index contributed by atoms with van der Waals surface area (Å²) in [6.45, 7) is 1.75. The number of para-hydroxylation sites is 1. The van der Waals surface area contributed by atoms with Crippen LogP contribution in [-0.4, -0.2) is 48.0 Å². The first-order valence-electron chi connectivity index (χ1n) is 12.5. The van der Waals surface area contributed by atoms with Gasteiger partial charge in [-0.2, -0.15) is 0 Å². The van der Waals surface area contributed by atoms with E-state index in [1.807, 2.05) is 0 Å². The van der Waals surface area contributed by atoms with Crippen molar-refractivity contribution >= 4 is 45.7 Å². The highest BCUT2D eigenvalue weighted by Gasteiger charge is 2.39. The molecule has 0 bridgehead atoms. The summed E-state index contributed by atoms with van der Waals surface area (Å²) in [6.07, 6.45) is 2.97. The summed E-state index contributed by atoms with van der Waals surface area (Å²) in [7, 11) is -1.35. The predicted octanol–water partition coefficient (Wildman–Crippen LogP) is 5.16. The summed E-state index contributed by atoms with van der Waals surface area (Å²) in [5.41, 5.74) is 0.544. The number of rotatable bonds is 7. The molecule has 0 radical (unpaired) electrons. The van der Waals surface area contributed by atoms with Crippen LogP contribution in [0.3, 0.4) is 0 Å². The molecule has 1 atom stereocenters. The predicted molar refractivity (Wildman–Crippen MR) is 137 cm³/mol. The van der Waals surface area contributed by atoms with Crippen molar-refractivity contribution in [2.75, 3.05) is 31.4 Å². The van der Waals surface area contributed by atoms with Gasteiger partial charge in [-0.3, -0.25) is 9.59 Å². The number of methoxy groups -OCH3 is 2. The van der Waals surface area contributed by atoms with E-state index in [0.29, 0.717) is 22.4 Å². The van der Waals surface area contributed by atoms with Gasteiger partial charge in [0.1, 0.15) is 16.9 Å². The Hall–Kier alpha value is -4.15. The lowest BCUT2D eigenvalue weighted by atomic mass is 9.96. The minimum Gasteiger partial charge on any atom is -0.493 e. The van der Waals surface area contributed by atoms with Crippen molar-refractivity contribution in [3.8, 4) is 17.2 Å². The molecular formula is C26H22ClFN4O5. The summed E-state index contributed by atoms with van der Waals surface area (Å²) in [5.74, 6) is -2.36. The van der Waals surface area contributed by atoms with Crippen LogP contribution in [0.25, 0.3) is 11.0 Å². The number of amides is 1. The van der Waals surface area contributed by atoms with Gasteiger partial charge in [-0.15, -0.1) is 0 Å². The minimum absolute atomic E-state index is 0.00489. The van der Waals surface area contributed by atoms with Crippen LogP contribution in [0, 0.1) is 5.82 Å². The normalized spacial score (nSPS) is 18.2. The van der Waals surface area contributed by atoms with E-state index in [1.165, 1.54) is 49.8 Å². The van der Waals surface area contributed by atoms with Gasteiger partial charge in [-0.05, 0) is 31.2 Å². The molecule has 1 aliphatic rings. The largest absolute Gasteiger partial charge is 0.493 e. The second-order valence-corrected chi connectivity index (χ2v) is 8.97. The lowest BCUT2D eigenvalue weighted by Crippen LogP contribution is -2.53. The van der Waals surface area contributed by atoms with Gasteiger partial charge in [0.2, 0.25) is 5.75 Å². The van der Waals surface area contributed by atoms with E-state index in [0.717, 1.165) is 6.07 Å². The number of anilines is 2. The number of hydrogen-bond acceptors (Lipinski definition) is 7. The zero-order valence-corrected chi connectivity index (χ0v) is 20.3. The van der Waals surface area contributed by atoms with Gasteiger partial charge in [0, 0.05) is 24.9 Å². The fourth-order valence-corrected chi connectivity index (χ4v) is 4.41. The van der Waals surface area contributed by atoms with Gasteiger partial charge >= 0.3 is 0 Å². The Kier molecular flexibility index (Phi) is 5.32. The number of carbonyl (C=O) groups excluding carboxylic acids is 2. The Morgan fingerprint density at radius 2 is 2.11 bits per heavy atom. The standard InChI is InChI=1S/C26H22ClFN4O5/c1-26(12-35-2)25(34)31-18-11-30-24-20(21(18)32-26)15(10-29-24)22(33)14-8-7-13(9-16(14)27)37-23-17(28)5-4-6-19(23)36-3/h4-11,32H,12H2,1-3H3,(H,29,30)(H,31,34)/t26-/m0/s1/i3D3. The number of nitrogens with zero attached hydrogens (tertiary/aromatic N) is 1. The first kappa shape index (κ1) is 21.0. The molecule has 0 aliphatic carbocycles. The molecule has 3 heterocycles. The monoisotopic (exact) mass is 527 g/mol. The maximum atomic E-state index is 14.5. The Bertz CT molecular complexity index is 1660. The Balaban J connectivity index is 1.49. The quantitative estimate of drug-likeness (QED) is 0.284. The van der Waals surface area contributed by atoms with Crippen molar-refractivity contribution < 1.29 is 32.3 Å². The molecule has 0 saturated heterocycles. The maximum Gasteiger partial charge on any atom is 0.252 e. The number of ketones is 1. The lowest BCUT2D eigenvalue weighted by molar-refractivity contribution is -0.121. The highest BCUT2D eigenvalue weighted by molar-refractivity contribution is 6.36. The fraction of sp³-hybridized carbons (Fsp3) is 0.192. The molecule has 37 heavy (non-hydrogen) atoms. The summed E-state index contributed by atoms with van der Waals surface area (Å²) in [5, 5.41) is 6.43. The highest BCUT2D eigenvalue weighted by Crippen LogP contribution is 2.40. The highest BCUT2D eigenvalue weighted by atomic mass is 35.5. The van der Waals surface area contributed by atoms with E-state index in [9.17, 15) is 14.0 Å². The Labute approximate surface area is 220 Å². The Morgan fingerprint density at radius 1 is 1.27 bits per heavy atom. The average molecular weight is 528 g/mol. The zero-order valence-electron chi connectivity index (χ0n) is 22.6. The lowest BCUT2D eigenvalue weighted by Gasteiger charge is -2.35. The van der Waals surface area contributed by atoms with Gasteiger partial charge in [-0.25, -0.2) is 9.37 Å². The van der Waals surface area contributed by atoms with E-state index in [2.05, 4.69) is 20.6 Å². The number of nitrogens with one attached hydrogen (secondary N) is 3. The van der Waals surface area contributed by atoms with Gasteiger partial charge in [-0.1, -0.05) is 17.7 Å². The van der Waals surface area contributed by atoms with Crippen molar-refractivity contribution in [1.29, 1.82) is 0 Å². The number of aromatic nitrogens is 2. The summed E-state index contributed by atoms with van der Waals surface area (Å²) >= 11 is 6.46. The molecule has 190 valence electrons. The topological polar surface area (TPSA) is 115 Å². The van der Waals surface area contributed by atoms with Gasteiger partial charge in [0.15, 0.2) is 17.3 Å². The number of carbonyl (C=O) groups is 2. The number of aromatic amines is 1. The second kappa shape index (κ2) is 9.38. The van der Waals surface area contributed by atoms with Crippen molar-refractivity contribution in [2.24, 2.45) is 0 Å². The molecule has 4 aromatic rings. The number of hydrogen-bond donors (Lipinski definition) is 3. The number of halogens is 2. The fourth-order valence-electron chi connectivity index (χ4n) is 4.16. The van der Waals surface area contributed by atoms with Crippen molar-refractivity contribution in [1.82, 2.24) is 9.97 Å². The second-order valence-electron chi connectivity index (χ2n) is 8.56. The molecule has 9 nitrogen and oxygen atoms in total. The van der Waals surface area contributed by atoms with Gasteiger partial charge < -0.3 is 29.8 Å². The van der Waals surface area contributed by atoms with Gasteiger partial charge in [0.25, 0.3) is 5.91 Å². The van der Waals surface area contributed by atoms with Crippen LogP contribution in [0.4, 0.5) is 15.8 Å². The number of pyridine rings is 1. The number of fused-ring (bicyclic) bond motifs is 3. The molecule has 0 unspecified atom stereocenters. The van der Waals surface area contributed by atoms with Crippen LogP contribution in [0.15, 0.2) is 48.8 Å². The summed E-state index contributed by atoms with van der Waals surface area (Å²) in [4.78, 5) is 33.6. The van der Waals surface area contributed by atoms with Crippen LogP contribution in [0.1, 0.15) is 27.0 Å². The molecule has 0 spiro atoms. The van der Waals surface area contributed by atoms with Gasteiger partial charge in [0.05, 0.1) is 51.3 Å². The number of ether oxygens (including phenoxy) is 3. The number of benzene rings is 2. The van der Waals surface area contributed by atoms with Crippen LogP contribution in [0.2, 0.25) is 5.02 Å².